The third-order valence-electron chi connectivity index (χ3n) is 6.69. The van der Waals surface area contributed by atoms with E-state index in [4.69, 9.17) is 9.47 Å². The average molecular weight is 506 g/mol. The number of nitrogens with zero attached hydrogens (tertiary/aromatic N) is 1. The lowest BCUT2D eigenvalue weighted by Crippen LogP contribution is -2.32. The topological polar surface area (TPSA) is 101 Å². The quantitative estimate of drug-likeness (QED) is 0.294. The molecular formula is C30H23N3O5. The Labute approximate surface area is 217 Å². The molecule has 0 fully saturated rings. The summed E-state index contributed by atoms with van der Waals surface area (Å²) in [5.74, 6) is -0.685. The van der Waals surface area contributed by atoms with Gasteiger partial charge in [0.2, 0.25) is 6.23 Å². The molecule has 8 nitrogen and oxygen atoms in total. The van der Waals surface area contributed by atoms with Gasteiger partial charge in [-0.2, -0.15) is 0 Å². The fraction of sp³-hybridized carbons (Fsp3) is 0.100. The second-order valence-electron chi connectivity index (χ2n) is 8.96. The van der Waals surface area contributed by atoms with Crippen molar-refractivity contribution < 1.29 is 23.9 Å². The van der Waals surface area contributed by atoms with Crippen molar-refractivity contribution in [2.75, 3.05) is 17.3 Å². The van der Waals surface area contributed by atoms with E-state index in [0.717, 1.165) is 21.7 Å². The van der Waals surface area contributed by atoms with Gasteiger partial charge in [-0.25, -0.2) is 0 Å². The molecule has 1 aliphatic heterocycles. The number of aromatic amines is 1. The van der Waals surface area contributed by atoms with E-state index in [2.05, 4.69) is 10.3 Å². The van der Waals surface area contributed by atoms with Crippen LogP contribution in [0.1, 0.15) is 39.6 Å². The largest absolute Gasteiger partial charge is 0.497 e. The highest BCUT2D eigenvalue weighted by molar-refractivity contribution is 6.20. The molecule has 188 valence electrons. The monoisotopic (exact) mass is 505 g/mol. The number of hydrogen-bond acceptors (Lipinski definition) is 5. The number of aromatic nitrogens is 1. The molecule has 6 rings (SSSR count). The Balaban J connectivity index is 1.44. The van der Waals surface area contributed by atoms with E-state index in [0.29, 0.717) is 28.4 Å². The summed E-state index contributed by atoms with van der Waals surface area (Å²) in [6.07, 6.45) is -1.04. The van der Waals surface area contributed by atoms with Crippen molar-refractivity contribution in [2.45, 2.75) is 13.2 Å². The number of carbonyl (C=O) groups excluding carboxylic acids is 3. The summed E-state index contributed by atoms with van der Waals surface area (Å²) in [5.41, 5.74) is 2.84. The number of anilines is 2. The number of fused-ring (bicyclic) bond motifs is 5. The molecule has 38 heavy (non-hydrogen) atoms. The Morgan fingerprint density at radius 1 is 0.895 bits per heavy atom. The molecule has 1 aliphatic rings. The van der Waals surface area contributed by atoms with Crippen molar-refractivity contribution >= 4 is 50.8 Å². The predicted molar refractivity (Wildman–Crippen MR) is 145 cm³/mol. The van der Waals surface area contributed by atoms with Crippen LogP contribution in [0.4, 0.5) is 11.4 Å². The summed E-state index contributed by atoms with van der Waals surface area (Å²) in [6, 6.07) is 25.4. The van der Waals surface area contributed by atoms with Crippen molar-refractivity contribution in [3.8, 4) is 5.75 Å². The first-order chi connectivity index (χ1) is 18.5. The maximum absolute atomic E-state index is 13.9. The summed E-state index contributed by atoms with van der Waals surface area (Å²) in [4.78, 5) is 44.1. The molecule has 4 aromatic carbocycles. The third-order valence-corrected chi connectivity index (χ3v) is 6.69. The first kappa shape index (κ1) is 23.3. The maximum Gasteiger partial charge on any atom is 0.304 e. The molecule has 0 saturated heterocycles. The van der Waals surface area contributed by atoms with E-state index in [1.54, 1.807) is 55.6 Å². The van der Waals surface area contributed by atoms with Crippen LogP contribution in [0.5, 0.6) is 5.75 Å². The molecule has 2 N–H and O–H groups in total. The van der Waals surface area contributed by atoms with Gasteiger partial charge in [-0.15, -0.1) is 0 Å². The van der Waals surface area contributed by atoms with Gasteiger partial charge >= 0.3 is 5.97 Å². The van der Waals surface area contributed by atoms with Gasteiger partial charge in [0, 0.05) is 23.4 Å². The lowest BCUT2D eigenvalue weighted by molar-refractivity contribution is -0.146. The van der Waals surface area contributed by atoms with Gasteiger partial charge in [0.25, 0.3) is 11.8 Å². The average Bonchev–Trinajstić information content (AvgIpc) is 3.44. The molecule has 2 amide bonds. The highest BCUT2D eigenvalue weighted by Crippen LogP contribution is 2.44. The minimum atomic E-state index is -1.04. The van der Waals surface area contributed by atoms with Gasteiger partial charge in [0.05, 0.1) is 29.4 Å². The normalized spacial score (nSPS) is 14.5. The van der Waals surface area contributed by atoms with E-state index < -0.39 is 24.0 Å². The number of hydrogen-bond donors (Lipinski definition) is 2. The van der Waals surface area contributed by atoms with Crippen LogP contribution >= 0.6 is 0 Å². The van der Waals surface area contributed by atoms with E-state index in [1.807, 2.05) is 36.4 Å². The Bertz CT molecular complexity index is 1740. The van der Waals surface area contributed by atoms with Crippen LogP contribution in [-0.2, 0) is 9.53 Å². The fourth-order valence-electron chi connectivity index (χ4n) is 4.99. The van der Waals surface area contributed by atoms with E-state index in [1.165, 1.54) is 11.8 Å². The van der Waals surface area contributed by atoms with Crippen LogP contribution in [0, 0.1) is 0 Å². The van der Waals surface area contributed by atoms with Gasteiger partial charge in [-0.05, 0) is 41.8 Å². The zero-order valence-corrected chi connectivity index (χ0v) is 20.6. The lowest BCUT2D eigenvalue weighted by Gasteiger charge is -2.27. The highest BCUT2D eigenvalue weighted by Gasteiger charge is 2.44. The van der Waals surface area contributed by atoms with Gasteiger partial charge < -0.3 is 19.8 Å². The predicted octanol–water partition coefficient (Wildman–Crippen LogP) is 5.80. The second-order valence-corrected chi connectivity index (χ2v) is 8.96. The zero-order chi connectivity index (χ0) is 26.4. The van der Waals surface area contributed by atoms with Gasteiger partial charge in [0.15, 0.2) is 0 Å². The lowest BCUT2D eigenvalue weighted by atomic mass is 10.0. The maximum atomic E-state index is 13.9. The number of benzene rings is 4. The van der Waals surface area contributed by atoms with Gasteiger partial charge in [0.1, 0.15) is 11.4 Å². The first-order valence-corrected chi connectivity index (χ1v) is 12.0. The van der Waals surface area contributed by atoms with Crippen LogP contribution in [0.3, 0.4) is 0 Å². The summed E-state index contributed by atoms with van der Waals surface area (Å²) in [6.45, 7) is 1.30. The molecule has 1 aromatic heterocycles. The number of H-pyrrole nitrogens is 1. The number of amides is 2. The van der Waals surface area contributed by atoms with Gasteiger partial charge in [-0.1, -0.05) is 48.5 Å². The number of rotatable bonds is 5. The SMILES string of the molecule is COc1ccc(NC(=O)c2ccccc2N2C(=O)c3[nH]c4c(ccc5ccccc54)c3[C@@H]2OC(C)=O)cc1. The van der Waals surface area contributed by atoms with Crippen molar-refractivity contribution in [3.63, 3.8) is 0 Å². The summed E-state index contributed by atoms with van der Waals surface area (Å²) in [7, 11) is 1.57. The molecule has 1 atom stereocenters. The third kappa shape index (κ3) is 3.74. The summed E-state index contributed by atoms with van der Waals surface area (Å²) in [5, 5.41) is 5.62. The highest BCUT2D eigenvalue weighted by atomic mass is 16.6. The molecule has 0 saturated carbocycles. The molecule has 0 spiro atoms. The number of methoxy groups -OCH3 is 1. The van der Waals surface area contributed by atoms with Gasteiger partial charge in [-0.3, -0.25) is 19.3 Å². The first-order valence-electron chi connectivity index (χ1n) is 12.0. The van der Waals surface area contributed by atoms with Crippen molar-refractivity contribution in [1.29, 1.82) is 0 Å². The van der Waals surface area contributed by atoms with E-state index in [-0.39, 0.29) is 5.56 Å². The minimum absolute atomic E-state index is 0.258. The molecule has 0 unspecified atom stereocenters. The van der Waals surface area contributed by atoms with Crippen LogP contribution in [0.25, 0.3) is 21.7 Å². The summed E-state index contributed by atoms with van der Waals surface area (Å²) >= 11 is 0. The van der Waals surface area contributed by atoms with Crippen LogP contribution < -0.4 is 15.0 Å². The summed E-state index contributed by atoms with van der Waals surface area (Å²) < 4.78 is 10.9. The molecule has 0 aliphatic carbocycles. The van der Waals surface area contributed by atoms with Crippen molar-refractivity contribution in [3.05, 3.63) is 102 Å². The smallest absolute Gasteiger partial charge is 0.304 e. The zero-order valence-electron chi connectivity index (χ0n) is 20.6. The molecule has 2 heterocycles. The molecule has 0 bridgehead atoms. The van der Waals surface area contributed by atoms with E-state index >= 15 is 0 Å². The molecular weight excluding hydrogens is 482 g/mol. The number of para-hydroxylation sites is 1. The molecule has 8 heteroatoms. The molecule has 5 aromatic rings. The van der Waals surface area contributed by atoms with Crippen molar-refractivity contribution in [2.24, 2.45) is 0 Å². The Kier molecular flexibility index (Phi) is 5.57. The standard InChI is InChI=1S/C30H23N3O5/c1-17(34)38-30-25-23-16-11-18-7-3-4-8-21(18)26(23)32-27(25)29(36)33(30)24-10-6-5-9-22(24)28(35)31-19-12-14-20(37-2)15-13-19/h3-16,30,32H,1-2H3,(H,31,35)/t30-/m0/s1. The minimum Gasteiger partial charge on any atom is -0.497 e. The Morgan fingerprint density at radius 2 is 1.63 bits per heavy atom. The molecule has 0 radical (unpaired) electrons. The van der Waals surface area contributed by atoms with Crippen molar-refractivity contribution in [1.82, 2.24) is 4.98 Å². The number of nitrogens with one attached hydrogen (secondary N) is 2. The van der Waals surface area contributed by atoms with Crippen LogP contribution in [-0.4, -0.2) is 29.9 Å². The Morgan fingerprint density at radius 3 is 2.39 bits per heavy atom. The van der Waals surface area contributed by atoms with E-state index in [9.17, 15) is 14.4 Å². The number of carbonyl (C=O) groups is 3. The van der Waals surface area contributed by atoms with Crippen LogP contribution in [0.15, 0.2) is 84.9 Å². The fourth-order valence-corrected chi connectivity index (χ4v) is 4.99. The number of ether oxygens (including phenoxy) is 2. The van der Waals surface area contributed by atoms with Crippen LogP contribution in [0.2, 0.25) is 0 Å². The number of esters is 1. The second kappa shape index (κ2) is 9.08. The Hall–Kier alpha value is -5.11.